The number of rotatable bonds is 5. The number of carbonyl (C=O) groups excluding carboxylic acids is 1. The second kappa shape index (κ2) is 7.88. The van der Waals surface area contributed by atoms with Crippen LogP contribution in [0.5, 0.6) is 0 Å². The molecular weight excluding hydrogens is 272 g/mol. The average Bonchev–Trinajstić information content (AvgIpc) is 2.44. The number of halogens is 1. The molecule has 2 aromatic rings. The van der Waals surface area contributed by atoms with Crippen LogP contribution in [0.4, 0.5) is 0 Å². The summed E-state index contributed by atoms with van der Waals surface area (Å²) in [4.78, 5) is 13.8. The molecule has 20 heavy (non-hydrogen) atoms. The molecule has 0 bridgehead atoms. The molecule has 0 spiro atoms. The number of benzene rings is 2. The molecule has 0 aliphatic rings. The molecule has 0 saturated carbocycles. The Morgan fingerprint density at radius 1 is 1.15 bits per heavy atom. The van der Waals surface area contributed by atoms with Crippen LogP contribution in [0, 0.1) is 0 Å². The minimum Gasteiger partial charge on any atom is -0.344 e. The van der Waals surface area contributed by atoms with E-state index in [9.17, 15) is 4.79 Å². The lowest BCUT2D eigenvalue weighted by atomic mass is 10.0. The van der Waals surface area contributed by atoms with Crippen molar-refractivity contribution in [1.29, 1.82) is 0 Å². The lowest BCUT2D eigenvalue weighted by Crippen LogP contribution is -2.33. The third kappa shape index (κ3) is 4.22. The predicted molar refractivity (Wildman–Crippen MR) is 86.5 cm³/mol. The van der Waals surface area contributed by atoms with Crippen LogP contribution in [0.2, 0.25) is 0 Å². The van der Waals surface area contributed by atoms with Gasteiger partial charge in [0.1, 0.15) is 0 Å². The molecule has 0 aliphatic carbocycles. The molecule has 2 rings (SSSR count). The molecule has 0 aliphatic heterocycles. The van der Waals surface area contributed by atoms with Crippen molar-refractivity contribution in [2.24, 2.45) is 0 Å². The fourth-order valence-electron chi connectivity index (χ4n) is 2.06. The van der Waals surface area contributed by atoms with E-state index in [4.69, 9.17) is 0 Å². The van der Waals surface area contributed by atoms with Crippen LogP contribution < -0.4 is 5.32 Å². The molecule has 0 unspecified atom stereocenters. The second-order valence-electron chi connectivity index (χ2n) is 4.78. The van der Waals surface area contributed by atoms with Gasteiger partial charge in [-0.1, -0.05) is 42.5 Å². The smallest absolute Gasteiger partial charge is 0.226 e. The van der Waals surface area contributed by atoms with Gasteiger partial charge in [-0.2, -0.15) is 0 Å². The van der Waals surface area contributed by atoms with Crippen molar-refractivity contribution in [2.45, 2.75) is 6.42 Å². The van der Waals surface area contributed by atoms with Crippen molar-refractivity contribution < 1.29 is 4.79 Å². The Kier molecular flexibility index (Phi) is 6.49. The summed E-state index contributed by atoms with van der Waals surface area (Å²) in [7, 11) is 3.74. The minimum absolute atomic E-state index is 0. The summed E-state index contributed by atoms with van der Waals surface area (Å²) in [6.45, 7) is 1.56. The number of carbonyl (C=O) groups is 1. The highest BCUT2D eigenvalue weighted by Crippen LogP contribution is 2.16. The molecule has 0 fully saturated rings. The van der Waals surface area contributed by atoms with Crippen molar-refractivity contribution in [3.05, 3.63) is 48.0 Å². The summed E-state index contributed by atoms with van der Waals surface area (Å²) >= 11 is 0. The molecule has 0 atom stereocenters. The monoisotopic (exact) mass is 292 g/mol. The van der Waals surface area contributed by atoms with Crippen molar-refractivity contribution in [2.75, 3.05) is 27.2 Å². The molecular formula is C16H21ClN2O. The third-order valence-corrected chi connectivity index (χ3v) is 3.29. The van der Waals surface area contributed by atoms with Crippen LogP contribution in [-0.2, 0) is 11.2 Å². The Hall–Kier alpha value is -1.58. The van der Waals surface area contributed by atoms with Gasteiger partial charge >= 0.3 is 0 Å². The molecule has 1 N–H and O–H groups in total. The zero-order valence-electron chi connectivity index (χ0n) is 11.9. The van der Waals surface area contributed by atoms with Crippen LogP contribution in [0.3, 0.4) is 0 Å². The standard InChI is InChI=1S/C16H20N2O.ClH/c1-17-9-10-18(2)16(19)12-13-7-8-14-5-3-4-6-15(14)11-13;/h3-8,11,17H,9-10,12H2,1-2H3;1H. The topological polar surface area (TPSA) is 32.3 Å². The van der Waals surface area contributed by atoms with Gasteiger partial charge in [-0.15, -0.1) is 12.4 Å². The van der Waals surface area contributed by atoms with Gasteiger partial charge in [-0.25, -0.2) is 0 Å². The zero-order valence-corrected chi connectivity index (χ0v) is 12.7. The highest BCUT2D eigenvalue weighted by Gasteiger charge is 2.09. The van der Waals surface area contributed by atoms with Gasteiger partial charge in [-0.05, 0) is 23.4 Å². The van der Waals surface area contributed by atoms with Gasteiger partial charge in [0.15, 0.2) is 0 Å². The third-order valence-electron chi connectivity index (χ3n) is 3.29. The molecule has 0 radical (unpaired) electrons. The van der Waals surface area contributed by atoms with Gasteiger partial charge in [-0.3, -0.25) is 4.79 Å². The molecule has 0 saturated heterocycles. The SMILES string of the molecule is CNCCN(C)C(=O)Cc1ccc2ccccc2c1.Cl. The van der Waals surface area contributed by atoms with E-state index in [0.717, 1.165) is 18.7 Å². The van der Waals surface area contributed by atoms with E-state index >= 15 is 0 Å². The highest BCUT2D eigenvalue weighted by atomic mass is 35.5. The predicted octanol–water partition coefficient (Wildman–Crippen LogP) is 2.48. The van der Waals surface area contributed by atoms with Crippen LogP contribution in [-0.4, -0.2) is 38.0 Å². The molecule has 0 aromatic heterocycles. The van der Waals surface area contributed by atoms with Crippen molar-refractivity contribution >= 4 is 29.1 Å². The van der Waals surface area contributed by atoms with Gasteiger partial charge < -0.3 is 10.2 Å². The van der Waals surface area contributed by atoms with Crippen molar-refractivity contribution in [3.63, 3.8) is 0 Å². The summed E-state index contributed by atoms with van der Waals surface area (Å²) in [6.07, 6.45) is 0.463. The summed E-state index contributed by atoms with van der Waals surface area (Å²) in [6, 6.07) is 14.4. The van der Waals surface area contributed by atoms with Crippen molar-refractivity contribution in [3.8, 4) is 0 Å². The first-order valence-corrected chi connectivity index (χ1v) is 6.57. The zero-order chi connectivity index (χ0) is 13.7. The van der Waals surface area contributed by atoms with Crippen LogP contribution >= 0.6 is 12.4 Å². The molecule has 108 valence electrons. The molecule has 4 heteroatoms. The first-order valence-electron chi connectivity index (χ1n) is 6.57. The van der Waals surface area contributed by atoms with E-state index in [1.807, 2.05) is 32.3 Å². The Bertz CT molecular complexity index is 571. The van der Waals surface area contributed by atoms with E-state index in [-0.39, 0.29) is 18.3 Å². The maximum absolute atomic E-state index is 12.1. The second-order valence-corrected chi connectivity index (χ2v) is 4.78. The normalized spacial score (nSPS) is 10.1. The van der Waals surface area contributed by atoms with Crippen LogP contribution in [0.25, 0.3) is 10.8 Å². The van der Waals surface area contributed by atoms with E-state index < -0.39 is 0 Å². The van der Waals surface area contributed by atoms with Gasteiger partial charge in [0.25, 0.3) is 0 Å². The first kappa shape index (κ1) is 16.5. The molecule has 0 heterocycles. The van der Waals surface area contributed by atoms with Gasteiger partial charge in [0.05, 0.1) is 6.42 Å². The van der Waals surface area contributed by atoms with E-state index in [2.05, 4.69) is 29.6 Å². The lowest BCUT2D eigenvalue weighted by molar-refractivity contribution is -0.129. The maximum atomic E-state index is 12.1. The van der Waals surface area contributed by atoms with Crippen LogP contribution in [0.15, 0.2) is 42.5 Å². The Labute approximate surface area is 126 Å². The quantitative estimate of drug-likeness (QED) is 0.918. The van der Waals surface area contributed by atoms with Gasteiger partial charge in [0, 0.05) is 20.1 Å². The Morgan fingerprint density at radius 3 is 2.55 bits per heavy atom. The molecule has 2 aromatic carbocycles. The Morgan fingerprint density at radius 2 is 1.85 bits per heavy atom. The number of amides is 1. The number of likely N-dealkylation sites (N-methyl/N-ethyl adjacent to an activating group) is 2. The number of hydrogen-bond donors (Lipinski definition) is 1. The fraction of sp³-hybridized carbons (Fsp3) is 0.312. The maximum Gasteiger partial charge on any atom is 0.226 e. The van der Waals surface area contributed by atoms with Crippen LogP contribution in [0.1, 0.15) is 5.56 Å². The number of nitrogens with zero attached hydrogens (tertiary/aromatic N) is 1. The lowest BCUT2D eigenvalue weighted by Gasteiger charge is -2.17. The van der Waals surface area contributed by atoms with Crippen molar-refractivity contribution in [1.82, 2.24) is 10.2 Å². The minimum atomic E-state index is 0. The summed E-state index contributed by atoms with van der Waals surface area (Å²) in [5, 5.41) is 5.44. The largest absolute Gasteiger partial charge is 0.344 e. The van der Waals surface area contributed by atoms with E-state index in [0.29, 0.717) is 6.42 Å². The first-order chi connectivity index (χ1) is 9.20. The highest BCUT2D eigenvalue weighted by molar-refractivity contribution is 5.85. The molecule has 1 amide bonds. The Balaban J connectivity index is 0.00000200. The van der Waals surface area contributed by atoms with Gasteiger partial charge in [0.2, 0.25) is 5.91 Å². The molecule has 3 nitrogen and oxygen atoms in total. The summed E-state index contributed by atoms with van der Waals surface area (Å²) in [5.74, 6) is 0.158. The van der Waals surface area contributed by atoms with E-state index in [1.165, 1.54) is 10.8 Å². The van der Waals surface area contributed by atoms with E-state index in [1.54, 1.807) is 4.90 Å². The number of nitrogens with one attached hydrogen (secondary N) is 1. The average molecular weight is 293 g/mol. The summed E-state index contributed by atoms with van der Waals surface area (Å²) < 4.78 is 0. The number of hydrogen-bond acceptors (Lipinski definition) is 2. The summed E-state index contributed by atoms with van der Waals surface area (Å²) in [5.41, 5.74) is 1.07. The fourth-order valence-corrected chi connectivity index (χ4v) is 2.06. The number of fused-ring (bicyclic) bond motifs is 1.